The van der Waals surface area contributed by atoms with Crippen molar-refractivity contribution in [3.63, 3.8) is 0 Å². The molecule has 5 nitrogen and oxygen atoms in total. The van der Waals surface area contributed by atoms with Crippen molar-refractivity contribution in [1.29, 1.82) is 0 Å². The van der Waals surface area contributed by atoms with E-state index in [1.807, 2.05) is 12.1 Å². The molecule has 1 N–H and O–H groups in total. The number of morpholine rings is 1. The van der Waals surface area contributed by atoms with Gasteiger partial charge in [0.2, 0.25) is 0 Å². The van der Waals surface area contributed by atoms with Crippen LogP contribution in [0.4, 0.5) is 4.39 Å². The molecule has 0 bridgehead atoms. The van der Waals surface area contributed by atoms with E-state index < -0.39 is 6.10 Å². The molecule has 0 spiro atoms. The van der Waals surface area contributed by atoms with E-state index in [1.165, 1.54) is 12.1 Å². The number of rotatable bonds is 5. The number of pyridine rings is 1. The first kappa shape index (κ1) is 16.5. The minimum atomic E-state index is -0.485. The first-order chi connectivity index (χ1) is 11.7. The Balaban J connectivity index is 1.76. The van der Waals surface area contributed by atoms with E-state index in [1.54, 1.807) is 29.4 Å². The molecule has 1 atom stereocenters. The number of nitrogens with zero attached hydrogens (tertiary/aromatic N) is 2. The lowest BCUT2D eigenvalue weighted by Crippen LogP contribution is -2.49. The van der Waals surface area contributed by atoms with Gasteiger partial charge in [-0.2, -0.15) is 0 Å². The van der Waals surface area contributed by atoms with E-state index in [-0.39, 0.29) is 11.7 Å². The molecular weight excluding hydrogens is 309 g/mol. The molecule has 1 amide bonds. The molecular formula is C18H20FN3O2. The number of carbonyl (C=O) groups excluding carboxylic acids is 1. The number of nitrogens with one attached hydrogen (secondary N) is 1. The molecule has 1 aromatic carbocycles. The number of amides is 1. The summed E-state index contributed by atoms with van der Waals surface area (Å²) in [5.74, 6) is -0.353. The summed E-state index contributed by atoms with van der Waals surface area (Å²) >= 11 is 0. The highest BCUT2D eigenvalue weighted by Crippen LogP contribution is 2.13. The number of carbonyl (C=O) groups is 1. The topological polar surface area (TPSA) is 54.5 Å². The third-order valence-corrected chi connectivity index (χ3v) is 3.92. The summed E-state index contributed by atoms with van der Waals surface area (Å²) in [6, 6.07) is 9.96. The molecule has 1 unspecified atom stereocenters. The molecule has 6 heteroatoms. The summed E-state index contributed by atoms with van der Waals surface area (Å²) in [5.41, 5.74) is 1.87. The molecule has 0 radical (unpaired) electrons. The number of ether oxygens (including phenoxy) is 1. The highest BCUT2D eigenvalue weighted by Gasteiger charge is 2.27. The van der Waals surface area contributed by atoms with Gasteiger partial charge in [-0.05, 0) is 35.4 Å². The van der Waals surface area contributed by atoms with Crippen molar-refractivity contribution in [3.8, 4) is 0 Å². The van der Waals surface area contributed by atoms with Gasteiger partial charge in [0.1, 0.15) is 11.9 Å². The normalized spacial score (nSPS) is 17.5. The summed E-state index contributed by atoms with van der Waals surface area (Å²) in [7, 11) is 0. The summed E-state index contributed by atoms with van der Waals surface area (Å²) in [6.45, 7) is 2.65. The zero-order valence-electron chi connectivity index (χ0n) is 13.3. The van der Waals surface area contributed by atoms with Gasteiger partial charge in [-0.15, -0.1) is 0 Å². The Morgan fingerprint density at radius 2 is 1.83 bits per heavy atom. The van der Waals surface area contributed by atoms with Crippen molar-refractivity contribution in [3.05, 3.63) is 65.7 Å². The maximum absolute atomic E-state index is 13.1. The molecule has 3 rings (SSSR count). The van der Waals surface area contributed by atoms with Gasteiger partial charge < -0.3 is 15.0 Å². The fourth-order valence-electron chi connectivity index (χ4n) is 2.66. The van der Waals surface area contributed by atoms with Crippen LogP contribution in [0.15, 0.2) is 48.8 Å². The first-order valence-electron chi connectivity index (χ1n) is 7.97. The second kappa shape index (κ2) is 7.99. The Morgan fingerprint density at radius 1 is 1.17 bits per heavy atom. The van der Waals surface area contributed by atoms with Crippen LogP contribution in [-0.2, 0) is 22.6 Å². The van der Waals surface area contributed by atoms with Gasteiger partial charge in [0.15, 0.2) is 0 Å². The van der Waals surface area contributed by atoms with E-state index >= 15 is 0 Å². The zero-order valence-corrected chi connectivity index (χ0v) is 13.3. The highest BCUT2D eigenvalue weighted by atomic mass is 19.1. The lowest BCUT2D eigenvalue weighted by molar-refractivity contribution is -0.146. The van der Waals surface area contributed by atoms with Gasteiger partial charge in [-0.1, -0.05) is 12.1 Å². The molecule has 0 aliphatic carbocycles. The largest absolute Gasteiger partial charge is 0.366 e. The highest BCUT2D eigenvalue weighted by molar-refractivity contribution is 5.81. The van der Waals surface area contributed by atoms with Crippen LogP contribution in [-0.4, -0.2) is 41.6 Å². The van der Waals surface area contributed by atoms with Crippen LogP contribution in [0.25, 0.3) is 0 Å². The first-order valence-corrected chi connectivity index (χ1v) is 7.97. The molecule has 2 aromatic rings. The summed E-state index contributed by atoms with van der Waals surface area (Å²) in [4.78, 5) is 18.6. The van der Waals surface area contributed by atoms with Crippen molar-refractivity contribution in [2.75, 3.05) is 19.7 Å². The van der Waals surface area contributed by atoms with Crippen molar-refractivity contribution < 1.29 is 13.9 Å². The van der Waals surface area contributed by atoms with E-state index in [2.05, 4.69) is 10.3 Å². The fourth-order valence-corrected chi connectivity index (χ4v) is 2.66. The van der Waals surface area contributed by atoms with Gasteiger partial charge in [0, 0.05) is 38.6 Å². The second-order valence-corrected chi connectivity index (χ2v) is 5.74. The van der Waals surface area contributed by atoms with E-state index in [0.717, 1.165) is 17.7 Å². The quantitative estimate of drug-likeness (QED) is 0.908. The third kappa shape index (κ3) is 4.37. The fraction of sp³-hybridized carbons (Fsp3) is 0.333. The Kier molecular flexibility index (Phi) is 5.51. The Hall–Kier alpha value is -2.31. The van der Waals surface area contributed by atoms with E-state index in [4.69, 9.17) is 4.74 Å². The lowest BCUT2D eigenvalue weighted by Gasteiger charge is -2.30. The summed E-state index contributed by atoms with van der Waals surface area (Å²) in [6.07, 6.45) is 2.92. The zero-order chi connectivity index (χ0) is 16.8. The standard InChI is InChI=1S/C18H20FN3O2/c19-16-3-1-14(2-4-16)12-22(13-15-5-7-20-8-6-15)18(23)17-11-21-9-10-24-17/h1-8,17,21H,9-13H2. The molecule has 126 valence electrons. The minimum Gasteiger partial charge on any atom is -0.366 e. The van der Waals surface area contributed by atoms with Gasteiger partial charge in [-0.25, -0.2) is 4.39 Å². The molecule has 1 aromatic heterocycles. The number of hydrogen-bond acceptors (Lipinski definition) is 4. The number of aromatic nitrogens is 1. The maximum Gasteiger partial charge on any atom is 0.253 e. The SMILES string of the molecule is O=C(C1CNCCO1)N(Cc1ccncc1)Cc1ccc(F)cc1. The molecule has 1 saturated heterocycles. The molecule has 24 heavy (non-hydrogen) atoms. The number of hydrogen-bond donors (Lipinski definition) is 1. The molecule has 1 fully saturated rings. The van der Waals surface area contributed by atoms with Gasteiger partial charge in [0.25, 0.3) is 5.91 Å². The van der Waals surface area contributed by atoms with Crippen molar-refractivity contribution in [2.45, 2.75) is 19.2 Å². The summed E-state index contributed by atoms with van der Waals surface area (Å²) in [5, 5.41) is 3.17. The molecule has 1 aliphatic heterocycles. The molecule has 2 heterocycles. The second-order valence-electron chi connectivity index (χ2n) is 5.74. The van der Waals surface area contributed by atoms with Gasteiger partial charge in [0.05, 0.1) is 6.61 Å². The Morgan fingerprint density at radius 3 is 2.46 bits per heavy atom. The Labute approximate surface area is 140 Å². The van der Waals surface area contributed by atoms with Crippen molar-refractivity contribution in [2.24, 2.45) is 0 Å². The van der Waals surface area contributed by atoms with Crippen LogP contribution < -0.4 is 5.32 Å². The van der Waals surface area contributed by atoms with Crippen LogP contribution in [0.5, 0.6) is 0 Å². The number of halogens is 1. The molecule has 0 saturated carbocycles. The maximum atomic E-state index is 13.1. The van der Waals surface area contributed by atoms with Gasteiger partial charge >= 0.3 is 0 Å². The van der Waals surface area contributed by atoms with E-state index in [9.17, 15) is 9.18 Å². The summed E-state index contributed by atoms with van der Waals surface area (Å²) < 4.78 is 18.7. The number of benzene rings is 1. The van der Waals surface area contributed by atoms with Crippen LogP contribution in [0.1, 0.15) is 11.1 Å². The predicted octanol–water partition coefficient (Wildman–Crippen LogP) is 1.74. The third-order valence-electron chi connectivity index (χ3n) is 3.92. The van der Waals surface area contributed by atoms with Crippen LogP contribution in [0, 0.1) is 5.82 Å². The minimum absolute atomic E-state index is 0.0664. The average Bonchev–Trinajstić information content (AvgIpc) is 2.64. The van der Waals surface area contributed by atoms with Crippen LogP contribution in [0.2, 0.25) is 0 Å². The average molecular weight is 329 g/mol. The van der Waals surface area contributed by atoms with Crippen molar-refractivity contribution in [1.82, 2.24) is 15.2 Å². The molecule has 1 aliphatic rings. The monoisotopic (exact) mass is 329 g/mol. The lowest BCUT2D eigenvalue weighted by atomic mass is 10.1. The van der Waals surface area contributed by atoms with Gasteiger partial charge in [-0.3, -0.25) is 9.78 Å². The predicted molar refractivity (Wildman–Crippen MR) is 87.5 cm³/mol. The van der Waals surface area contributed by atoms with E-state index in [0.29, 0.717) is 26.2 Å². The van der Waals surface area contributed by atoms with Crippen LogP contribution in [0.3, 0.4) is 0 Å². The Bertz CT molecular complexity index is 658. The smallest absolute Gasteiger partial charge is 0.253 e. The van der Waals surface area contributed by atoms with Crippen LogP contribution >= 0.6 is 0 Å². The van der Waals surface area contributed by atoms with Crippen molar-refractivity contribution >= 4 is 5.91 Å².